The van der Waals surface area contributed by atoms with E-state index in [9.17, 15) is 14.0 Å². The molecule has 2 atom stereocenters. The fraction of sp³-hybridized carbons (Fsp3) is 0.517. The minimum absolute atomic E-state index is 0.0417. The minimum atomic E-state index is -0.661. The Labute approximate surface area is 234 Å². The van der Waals surface area contributed by atoms with Gasteiger partial charge in [0, 0.05) is 59.4 Å². The number of hydrogen-bond donors (Lipinski definition) is 0. The first kappa shape index (κ1) is 27.4. The van der Waals surface area contributed by atoms with Gasteiger partial charge in [-0.05, 0) is 60.6 Å². The number of amides is 2. The molecule has 6 nitrogen and oxygen atoms in total. The van der Waals surface area contributed by atoms with Gasteiger partial charge < -0.3 is 14.7 Å². The van der Waals surface area contributed by atoms with E-state index in [1.54, 1.807) is 30.1 Å². The average Bonchev–Trinajstić information content (AvgIpc) is 3.34. The van der Waals surface area contributed by atoms with Crippen molar-refractivity contribution in [1.82, 2.24) is 19.6 Å². The number of benzene rings is 2. The molecule has 0 N–H and O–H groups in total. The summed E-state index contributed by atoms with van der Waals surface area (Å²) in [5.74, 6) is 0.144. The second kappa shape index (κ2) is 11.5. The van der Waals surface area contributed by atoms with Gasteiger partial charge in [0.25, 0.3) is 0 Å². The lowest BCUT2D eigenvalue weighted by Crippen LogP contribution is -2.50. The zero-order valence-electron chi connectivity index (χ0n) is 21.8. The number of piperazine rings is 1. The third kappa shape index (κ3) is 5.86. The lowest BCUT2D eigenvalue weighted by atomic mass is 9.91. The van der Waals surface area contributed by atoms with Crippen molar-refractivity contribution in [3.05, 3.63) is 69.5 Å². The summed E-state index contributed by atoms with van der Waals surface area (Å²) in [4.78, 5) is 34.9. The third-order valence-corrected chi connectivity index (χ3v) is 9.10. The molecule has 38 heavy (non-hydrogen) atoms. The second-order valence-corrected chi connectivity index (χ2v) is 11.8. The molecule has 2 heterocycles. The maximum absolute atomic E-state index is 14.0. The number of carbonyl (C=O) groups excluding carboxylic acids is 2. The Morgan fingerprint density at radius 2 is 1.61 bits per heavy atom. The van der Waals surface area contributed by atoms with Crippen molar-refractivity contribution in [2.75, 3.05) is 59.4 Å². The van der Waals surface area contributed by atoms with Gasteiger partial charge in [-0.15, -0.1) is 0 Å². The topological polar surface area (TPSA) is 47.1 Å². The van der Waals surface area contributed by atoms with Gasteiger partial charge >= 0.3 is 0 Å². The Bertz CT molecular complexity index is 1170. The van der Waals surface area contributed by atoms with Crippen molar-refractivity contribution in [2.24, 2.45) is 5.92 Å². The van der Waals surface area contributed by atoms with Crippen LogP contribution < -0.4 is 0 Å². The van der Waals surface area contributed by atoms with E-state index >= 15 is 0 Å². The fourth-order valence-corrected chi connectivity index (χ4v) is 6.34. The van der Waals surface area contributed by atoms with E-state index in [2.05, 4.69) is 9.80 Å². The van der Waals surface area contributed by atoms with Gasteiger partial charge in [0.15, 0.2) is 0 Å². The van der Waals surface area contributed by atoms with E-state index < -0.39 is 5.41 Å². The van der Waals surface area contributed by atoms with Crippen LogP contribution in [0.25, 0.3) is 0 Å². The van der Waals surface area contributed by atoms with Crippen LogP contribution in [0, 0.1) is 11.7 Å². The molecule has 2 aromatic carbocycles. The van der Waals surface area contributed by atoms with Crippen molar-refractivity contribution in [1.29, 1.82) is 0 Å². The molecule has 2 amide bonds. The van der Waals surface area contributed by atoms with Gasteiger partial charge in [-0.3, -0.25) is 14.5 Å². The normalized spacial score (nSPS) is 24.0. The van der Waals surface area contributed by atoms with Gasteiger partial charge in [0.2, 0.25) is 11.8 Å². The van der Waals surface area contributed by atoms with Crippen LogP contribution in [0.5, 0.6) is 0 Å². The highest BCUT2D eigenvalue weighted by atomic mass is 35.5. The number of halogens is 3. The first-order chi connectivity index (χ1) is 18.3. The predicted molar refractivity (Wildman–Crippen MR) is 148 cm³/mol. The molecule has 0 aromatic heterocycles. The highest BCUT2D eigenvalue weighted by Crippen LogP contribution is 2.56. The maximum Gasteiger partial charge on any atom is 0.236 e. The summed E-state index contributed by atoms with van der Waals surface area (Å²) in [5.41, 5.74) is 1.11. The van der Waals surface area contributed by atoms with E-state index in [1.165, 1.54) is 12.1 Å². The van der Waals surface area contributed by atoms with Gasteiger partial charge in [-0.1, -0.05) is 41.4 Å². The van der Waals surface area contributed by atoms with Crippen molar-refractivity contribution in [3.8, 4) is 0 Å². The molecule has 2 aromatic rings. The summed E-state index contributed by atoms with van der Waals surface area (Å²) in [6, 6.07) is 11.8. The minimum Gasteiger partial charge on any atom is -0.342 e. The quantitative estimate of drug-likeness (QED) is 0.483. The zero-order chi connectivity index (χ0) is 26.9. The van der Waals surface area contributed by atoms with Crippen LogP contribution in [0.2, 0.25) is 10.0 Å². The van der Waals surface area contributed by atoms with Crippen LogP contribution in [-0.4, -0.2) is 90.8 Å². The smallest absolute Gasteiger partial charge is 0.236 e. The van der Waals surface area contributed by atoms with Gasteiger partial charge in [-0.2, -0.15) is 0 Å². The lowest BCUT2D eigenvalue weighted by Gasteiger charge is -2.35. The summed E-state index contributed by atoms with van der Waals surface area (Å²) in [5, 5.41) is 0.911. The van der Waals surface area contributed by atoms with Gasteiger partial charge in [0.05, 0.1) is 22.0 Å². The molecule has 9 heteroatoms. The number of rotatable bonds is 8. The first-order valence-electron chi connectivity index (χ1n) is 13.4. The number of hydrogen-bond acceptors (Lipinski definition) is 4. The Hall–Kier alpha value is -2.19. The summed E-state index contributed by atoms with van der Waals surface area (Å²) in [7, 11) is 1.80. The maximum atomic E-state index is 14.0. The summed E-state index contributed by atoms with van der Waals surface area (Å²) >= 11 is 12.6. The Kier molecular flexibility index (Phi) is 8.29. The molecular weight excluding hydrogens is 526 g/mol. The van der Waals surface area contributed by atoms with Crippen molar-refractivity contribution >= 4 is 35.0 Å². The van der Waals surface area contributed by atoms with Gasteiger partial charge in [0.1, 0.15) is 5.82 Å². The predicted octanol–water partition coefficient (Wildman–Crippen LogP) is 4.29. The summed E-state index contributed by atoms with van der Waals surface area (Å²) in [6.07, 6.45) is 2.96. The van der Waals surface area contributed by atoms with Crippen LogP contribution in [0.4, 0.5) is 4.39 Å². The third-order valence-electron chi connectivity index (χ3n) is 8.36. The van der Waals surface area contributed by atoms with Crippen LogP contribution >= 0.6 is 23.2 Å². The molecule has 2 saturated heterocycles. The standard InChI is InChI=1S/C29H35Cl2FN4O2/c1-33(18-21-4-7-24(32)8-5-21)28(38)29(22-6-9-25(30)26(31)16-22)17-23(29)19-34-12-14-35(15-13-34)20-27(37)36-10-2-3-11-36/h4-9,16,23H,2-3,10-15,17-20H2,1H3/t23-,29+/m0/s1. The van der Waals surface area contributed by atoms with E-state index in [0.29, 0.717) is 23.1 Å². The molecule has 3 aliphatic rings. The first-order valence-corrected chi connectivity index (χ1v) is 14.2. The van der Waals surface area contributed by atoms with E-state index in [4.69, 9.17) is 23.2 Å². The van der Waals surface area contributed by atoms with Crippen LogP contribution in [-0.2, 0) is 21.5 Å². The van der Waals surface area contributed by atoms with Crippen molar-refractivity contribution in [2.45, 2.75) is 31.2 Å². The molecule has 0 unspecified atom stereocenters. The molecule has 5 rings (SSSR count). The number of likely N-dealkylation sites (N-methyl/N-ethyl adjacent to an activating group) is 1. The number of nitrogens with zero attached hydrogens (tertiary/aromatic N) is 4. The van der Waals surface area contributed by atoms with Crippen LogP contribution in [0.3, 0.4) is 0 Å². The number of carbonyl (C=O) groups is 2. The molecule has 0 spiro atoms. The van der Waals surface area contributed by atoms with E-state index in [-0.39, 0.29) is 23.5 Å². The SMILES string of the molecule is CN(Cc1ccc(F)cc1)C(=O)[C@@]1(c2ccc(Cl)c(Cl)c2)C[C@H]1CN1CCN(CC(=O)N2CCCC2)CC1. The zero-order valence-corrected chi connectivity index (χ0v) is 23.4. The molecule has 0 radical (unpaired) electrons. The second-order valence-electron chi connectivity index (χ2n) is 11.0. The molecule has 1 saturated carbocycles. The highest BCUT2D eigenvalue weighted by Gasteiger charge is 2.62. The van der Waals surface area contributed by atoms with Crippen LogP contribution in [0.15, 0.2) is 42.5 Å². The van der Waals surface area contributed by atoms with Crippen molar-refractivity contribution in [3.63, 3.8) is 0 Å². The Morgan fingerprint density at radius 3 is 2.26 bits per heavy atom. The fourth-order valence-electron chi connectivity index (χ4n) is 6.04. The largest absolute Gasteiger partial charge is 0.342 e. The molecule has 2 aliphatic heterocycles. The Balaban J connectivity index is 1.24. The molecule has 3 fully saturated rings. The molecule has 204 valence electrons. The lowest BCUT2D eigenvalue weighted by molar-refractivity contribution is -0.134. The molecule has 0 bridgehead atoms. The number of likely N-dealkylation sites (tertiary alicyclic amines) is 1. The average molecular weight is 562 g/mol. The summed E-state index contributed by atoms with van der Waals surface area (Å²) in [6.45, 7) is 6.94. The molecular formula is C29H35Cl2FN4O2. The van der Waals surface area contributed by atoms with Crippen LogP contribution in [0.1, 0.15) is 30.4 Å². The molecule has 1 aliphatic carbocycles. The van der Waals surface area contributed by atoms with Gasteiger partial charge in [-0.25, -0.2) is 4.39 Å². The van der Waals surface area contributed by atoms with E-state index in [0.717, 1.165) is 76.2 Å². The van der Waals surface area contributed by atoms with Crippen molar-refractivity contribution < 1.29 is 14.0 Å². The summed E-state index contributed by atoms with van der Waals surface area (Å²) < 4.78 is 13.4. The Morgan fingerprint density at radius 1 is 0.947 bits per heavy atom. The monoisotopic (exact) mass is 560 g/mol. The highest BCUT2D eigenvalue weighted by molar-refractivity contribution is 6.42. The van der Waals surface area contributed by atoms with E-state index in [1.807, 2.05) is 17.0 Å².